The number of aliphatic carboxylic acids is 1. The number of rotatable bonds is 6. The quantitative estimate of drug-likeness (QED) is 0.817. The zero-order valence-corrected chi connectivity index (χ0v) is 9.87. The number of carboxylic acids is 1. The zero-order valence-electron chi connectivity index (χ0n) is 9.87. The number of carboxylic acid groups (broad SMARTS) is 1. The number of carbonyl (C=O) groups is 1. The van der Waals surface area contributed by atoms with Crippen LogP contribution in [-0.2, 0) is 17.8 Å². The van der Waals surface area contributed by atoms with E-state index in [9.17, 15) is 9.90 Å². The van der Waals surface area contributed by atoms with Gasteiger partial charge >= 0.3 is 5.97 Å². The lowest BCUT2D eigenvalue weighted by molar-refractivity contribution is -0.139. The molecule has 0 aliphatic heterocycles. The van der Waals surface area contributed by atoms with Crippen LogP contribution in [0.15, 0.2) is 53.1 Å². The molecule has 4 nitrogen and oxygen atoms in total. The molecule has 18 heavy (non-hydrogen) atoms. The number of hydrogen-bond acceptors (Lipinski definition) is 3. The van der Waals surface area contributed by atoms with Gasteiger partial charge in [0.25, 0.3) is 0 Å². The van der Waals surface area contributed by atoms with Crippen molar-refractivity contribution in [2.45, 2.75) is 19.0 Å². The van der Waals surface area contributed by atoms with Gasteiger partial charge < -0.3 is 9.52 Å². The second-order valence-electron chi connectivity index (χ2n) is 4.04. The van der Waals surface area contributed by atoms with Crippen LogP contribution in [0.3, 0.4) is 0 Å². The average Bonchev–Trinajstić information content (AvgIpc) is 2.88. The molecular formula is C14H15NO3. The van der Waals surface area contributed by atoms with Crippen molar-refractivity contribution in [2.75, 3.05) is 0 Å². The summed E-state index contributed by atoms with van der Waals surface area (Å²) in [4.78, 5) is 11.2. The van der Waals surface area contributed by atoms with Crippen LogP contribution in [0, 0.1) is 0 Å². The van der Waals surface area contributed by atoms with E-state index in [1.807, 2.05) is 36.4 Å². The lowest BCUT2D eigenvalue weighted by Crippen LogP contribution is -2.37. The minimum Gasteiger partial charge on any atom is -0.480 e. The van der Waals surface area contributed by atoms with E-state index in [2.05, 4.69) is 5.32 Å². The van der Waals surface area contributed by atoms with Crippen molar-refractivity contribution < 1.29 is 14.3 Å². The second-order valence-corrected chi connectivity index (χ2v) is 4.04. The Hall–Kier alpha value is -2.07. The summed E-state index contributed by atoms with van der Waals surface area (Å²) in [6.07, 6.45) is 2.03. The summed E-state index contributed by atoms with van der Waals surface area (Å²) >= 11 is 0. The first kappa shape index (κ1) is 12.4. The predicted molar refractivity (Wildman–Crippen MR) is 67.1 cm³/mol. The number of benzene rings is 1. The van der Waals surface area contributed by atoms with Crippen molar-refractivity contribution >= 4 is 5.97 Å². The maximum Gasteiger partial charge on any atom is 0.321 e. The molecule has 1 aromatic heterocycles. The Labute approximate surface area is 105 Å². The lowest BCUT2D eigenvalue weighted by atomic mass is 10.1. The highest BCUT2D eigenvalue weighted by atomic mass is 16.4. The van der Waals surface area contributed by atoms with Crippen molar-refractivity contribution in [1.82, 2.24) is 5.32 Å². The molecule has 2 aromatic rings. The molecule has 0 spiro atoms. The molecule has 0 fully saturated rings. The topological polar surface area (TPSA) is 62.5 Å². The number of hydrogen-bond donors (Lipinski definition) is 2. The van der Waals surface area contributed by atoms with E-state index >= 15 is 0 Å². The normalized spacial score (nSPS) is 12.2. The third-order valence-corrected chi connectivity index (χ3v) is 2.68. The Balaban J connectivity index is 1.94. The first-order chi connectivity index (χ1) is 8.75. The first-order valence-electron chi connectivity index (χ1n) is 5.78. The molecule has 0 amide bonds. The van der Waals surface area contributed by atoms with Gasteiger partial charge in [0.15, 0.2) is 0 Å². The molecule has 0 bridgehead atoms. The third-order valence-electron chi connectivity index (χ3n) is 2.68. The van der Waals surface area contributed by atoms with Gasteiger partial charge in [-0.25, -0.2) is 0 Å². The van der Waals surface area contributed by atoms with Crippen molar-refractivity contribution in [3.63, 3.8) is 0 Å². The molecule has 1 aromatic carbocycles. The summed E-state index contributed by atoms with van der Waals surface area (Å²) in [6, 6.07) is 12.5. The second kappa shape index (κ2) is 6.02. The zero-order chi connectivity index (χ0) is 12.8. The molecule has 0 aliphatic rings. The molecule has 2 N–H and O–H groups in total. The fraction of sp³-hybridized carbons (Fsp3) is 0.214. The van der Waals surface area contributed by atoms with Gasteiger partial charge in [-0.05, 0) is 24.1 Å². The highest BCUT2D eigenvalue weighted by molar-refractivity contribution is 5.73. The van der Waals surface area contributed by atoms with Gasteiger partial charge in [0.1, 0.15) is 11.8 Å². The number of furan rings is 1. The molecular weight excluding hydrogens is 230 g/mol. The van der Waals surface area contributed by atoms with Crippen LogP contribution >= 0.6 is 0 Å². The van der Waals surface area contributed by atoms with E-state index in [1.54, 1.807) is 12.3 Å². The van der Waals surface area contributed by atoms with Crippen LogP contribution in [0.25, 0.3) is 0 Å². The maximum absolute atomic E-state index is 11.2. The SMILES string of the molecule is O=C(O)C(Cc1ccccc1)NCc1ccco1. The molecule has 2 rings (SSSR count). The van der Waals surface area contributed by atoms with Crippen molar-refractivity contribution in [2.24, 2.45) is 0 Å². The third kappa shape index (κ3) is 3.46. The van der Waals surface area contributed by atoms with Gasteiger partial charge in [0, 0.05) is 0 Å². The standard InChI is InChI=1S/C14H15NO3/c16-14(17)13(9-11-5-2-1-3-6-11)15-10-12-7-4-8-18-12/h1-8,13,15H,9-10H2,(H,16,17). The fourth-order valence-corrected chi connectivity index (χ4v) is 1.73. The smallest absolute Gasteiger partial charge is 0.321 e. The van der Waals surface area contributed by atoms with E-state index in [1.165, 1.54) is 0 Å². The van der Waals surface area contributed by atoms with Gasteiger partial charge in [-0.3, -0.25) is 10.1 Å². The largest absolute Gasteiger partial charge is 0.480 e. The van der Waals surface area contributed by atoms with Crippen LogP contribution < -0.4 is 5.32 Å². The van der Waals surface area contributed by atoms with E-state index in [4.69, 9.17) is 4.42 Å². The Bertz CT molecular complexity index is 479. The van der Waals surface area contributed by atoms with Crippen LogP contribution in [0.5, 0.6) is 0 Å². The Morgan fingerprint density at radius 3 is 2.61 bits per heavy atom. The Kier molecular flexibility index (Phi) is 4.15. The fourth-order valence-electron chi connectivity index (χ4n) is 1.73. The lowest BCUT2D eigenvalue weighted by Gasteiger charge is -2.13. The first-order valence-corrected chi connectivity index (χ1v) is 5.78. The summed E-state index contributed by atoms with van der Waals surface area (Å²) in [5.41, 5.74) is 0.997. The molecule has 0 radical (unpaired) electrons. The molecule has 4 heteroatoms. The van der Waals surface area contributed by atoms with Crippen LogP contribution in [0.1, 0.15) is 11.3 Å². The summed E-state index contributed by atoms with van der Waals surface area (Å²) in [5, 5.41) is 12.1. The summed E-state index contributed by atoms with van der Waals surface area (Å²) < 4.78 is 5.16. The number of nitrogens with one attached hydrogen (secondary N) is 1. The average molecular weight is 245 g/mol. The van der Waals surface area contributed by atoms with Crippen molar-refractivity contribution in [3.8, 4) is 0 Å². The van der Waals surface area contributed by atoms with E-state index in [-0.39, 0.29) is 0 Å². The molecule has 0 saturated carbocycles. The highest BCUT2D eigenvalue weighted by Gasteiger charge is 2.17. The molecule has 1 heterocycles. The van der Waals surface area contributed by atoms with Gasteiger partial charge in [-0.1, -0.05) is 30.3 Å². The van der Waals surface area contributed by atoms with Crippen LogP contribution in [0.4, 0.5) is 0 Å². The summed E-state index contributed by atoms with van der Waals surface area (Å²) in [5.74, 6) is -0.125. The van der Waals surface area contributed by atoms with Crippen LogP contribution in [-0.4, -0.2) is 17.1 Å². The minimum atomic E-state index is -0.856. The van der Waals surface area contributed by atoms with Gasteiger partial charge in [0.05, 0.1) is 12.8 Å². The van der Waals surface area contributed by atoms with Crippen molar-refractivity contribution in [1.29, 1.82) is 0 Å². The minimum absolute atomic E-state index is 0.413. The molecule has 1 atom stereocenters. The summed E-state index contributed by atoms with van der Waals surface area (Å²) in [6.45, 7) is 0.413. The van der Waals surface area contributed by atoms with E-state index < -0.39 is 12.0 Å². The monoisotopic (exact) mass is 245 g/mol. The van der Waals surface area contributed by atoms with E-state index in [0.29, 0.717) is 13.0 Å². The van der Waals surface area contributed by atoms with Gasteiger partial charge in [-0.15, -0.1) is 0 Å². The van der Waals surface area contributed by atoms with Gasteiger partial charge in [-0.2, -0.15) is 0 Å². The maximum atomic E-state index is 11.2. The molecule has 0 saturated heterocycles. The highest BCUT2D eigenvalue weighted by Crippen LogP contribution is 2.05. The molecule has 1 unspecified atom stereocenters. The predicted octanol–water partition coefficient (Wildman–Crippen LogP) is 2.07. The van der Waals surface area contributed by atoms with Gasteiger partial charge in [0.2, 0.25) is 0 Å². The van der Waals surface area contributed by atoms with E-state index in [0.717, 1.165) is 11.3 Å². The summed E-state index contributed by atoms with van der Waals surface area (Å²) in [7, 11) is 0. The Morgan fingerprint density at radius 1 is 1.22 bits per heavy atom. The van der Waals surface area contributed by atoms with Crippen molar-refractivity contribution in [3.05, 3.63) is 60.1 Å². The van der Waals surface area contributed by atoms with Crippen LogP contribution in [0.2, 0.25) is 0 Å². The Morgan fingerprint density at radius 2 is 2.00 bits per heavy atom. The molecule has 0 aliphatic carbocycles. The molecule has 94 valence electrons.